The molecule has 4 rings (SSSR count). The molecule has 6 nitrogen and oxygen atoms in total. The van der Waals surface area contributed by atoms with Crippen LogP contribution in [0.4, 0.5) is 5.95 Å². The normalized spacial score (nSPS) is 34.2. The molecule has 6 heteroatoms. The Morgan fingerprint density at radius 3 is 3.00 bits per heavy atom. The smallest absolute Gasteiger partial charge is 0.221 e. The number of anilines is 1. The van der Waals surface area contributed by atoms with Gasteiger partial charge in [-0.25, -0.2) is 4.68 Å². The Kier molecular flexibility index (Phi) is 2.92. The van der Waals surface area contributed by atoms with Gasteiger partial charge in [-0.05, 0) is 25.7 Å². The molecule has 0 amide bonds. The minimum Gasteiger partial charge on any atom is -0.381 e. The Balaban J connectivity index is 1.62. The SMILES string of the molecule is C1COC(c2nc3n(n2)C(C2CCOC2)CCN3)C1. The van der Waals surface area contributed by atoms with Crippen LogP contribution in [0.15, 0.2) is 0 Å². The molecule has 3 atom stereocenters. The lowest BCUT2D eigenvalue weighted by Gasteiger charge is -2.28. The second-order valence-corrected chi connectivity index (χ2v) is 5.65. The number of hydrogen-bond acceptors (Lipinski definition) is 5. The van der Waals surface area contributed by atoms with E-state index in [1.807, 2.05) is 0 Å². The molecule has 2 fully saturated rings. The number of aromatic nitrogens is 3. The van der Waals surface area contributed by atoms with E-state index < -0.39 is 0 Å². The van der Waals surface area contributed by atoms with Gasteiger partial charge in [-0.1, -0.05) is 0 Å². The first kappa shape index (κ1) is 11.7. The van der Waals surface area contributed by atoms with Crippen LogP contribution in [0.2, 0.25) is 0 Å². The summed E-state index contributed by atoms with van der Waals surface area (Å²) in [4.78, 5) is 4.63. The van der Waals surface area contributed by atoms with Crippen LogP contribution in [0.3, 0.4) is 0 Å². The van der Waals surface area contributed by atoms with Crippen molar-refractivity contribution in [2.45, 2.75) is 37.8 Å². The van der Waals surface area contributed by atoms with Crippen molar-refractivity contribution in [2.24, 2.45) is 5.92 Å². The third-order valence-electron chi connectivity index (χ3n) is 4.41. The summed E-state index contributed by atoms with van der Waals surface area (Å²) in [6.07, 6.45) is 4.50. The van der Waals surface area contributed by atoms with Gasteiger partial charge in [0.25, 0.3) is 0 Å². The molecule has 3 aliphatic heterocycles. The quantitative estimate of drug-likeness (QED) is 0.877. The van der Waals surface area contributed by atoms with Crippen molar-refractivity contribution in [1.82, 2.24) is 14.8 Å². The highest BCUT2D eigenvalue weighted by atomic mass is 16.5. The molecule has 0 saturated carbocycles. The van der Waals surface area contributed by atoms with Gasteiger partial charge in [0.15, 0.2) is 5.82 Å². The average molecular weight is 264 g/mol. The summed E-state index contributed by atoms with van der Waals surface area (Å²) in [6, 6.07) is 0.432. The van der Waals surface area contributed by atoms with E-state index in [2.05, 4.69) is 15.0 Å². The van der Waals surface area contributed by atoms with Crippen LogP contribution in [0.5, 0.6) is 0 Å². The predicted octanol–water partition coefficient (Wildman–Crippen LogP) is 1.52. The van der Waals surface area contributed by atoms with E-state index in [1.54, 1.807) is 0 Å². The Hall–Kier alpha value is -1.14. The maximum atomic E-state index is 5.69. The summed E-state index contributed by atoms with van der Waals surface area (Å²) in [5.74, 6) is 2.35. The van der Waals surface area contributed by atoms with Crippen molar-refractivity contribution >= 4 is 5.95 Å². The molecule has 19 heavy (non-hydrogen) atoms. The lowest BCUT2D eigenvalue weighted by atomic mass is 9.95. The maximum absolute atomic E-state index is 5.69. The topological polar surface area (TPSA) is 61.2 Å². The number of hydrogen-bond donors (Lipinski definition) is 1. The van der Waals surface area contributed by atoms with Gasteiger partial charge in [-0.15, -0.1) is 0 Å². The van der Waals surface area contributed by atoms with Crippen LogP contribution in [-0.4, -0.2) is 41.1 Å². The van der Waals surface area contributed by atoms with E-state index in [4.69, 9.17) is 14.6 Å². The molecule has 4 heterocycles. The van der Waals surface area contributed by atoms with Crippen LogP contribution in [0.25, 0.3) is 0 Å². The molecule has 0 aromatic carbocycles. The highest BCUT2D eigenvalue weighted by Crippen LogP contribution is 2.35. The van der Waals surface area contributed by atoms with Gasteiger partial charge in [-0.3, -0.25) is 0 Å². The zero-order chi connectivity index (χ0) is 12.7. The third kappa shape index (κ3) is 2.03. The third-order valence-corrected chi connectivity index (χ3v) is 4.41. The highest BCUT2D eigenvalue weighted by Gasteiger charge is 2.33. The summed E-state index contributed by atoms with van der Waals surface area (Å²) in [5, 5.41) is 8.07. The van der Waals surface area contributed by atoms with Crippen molar-refractivity contribution in [3.63, 3.8) is 0 Å². The summed E-state index contributed by atoms with van der Waals surface area (Å²) in [6.45, 7) is 3.56. The summed E-state index contributed by atoms with van der Waals surface area (Å²) in [5.41, 5.74) is 0. The molecular formula is C13H20N4O2. The molecule has 0 spiro atoms. The highest BCUT2D eigenvalue weighted by molar-refractivity contribution is 5.29. The van der Waals surface area contributed by atoms with Gasteiger partial charge < -0.3 is 14.8 Å². The zero-order valence-corrected chi connectivity index (χ0v) is 11.0. The standard InChI is InChI=1S/C13H20N4O2/c1-2-11(19-6-1)12-15-13-14-5-3-10(17(13)16-12)9-4-7-18-8-9/h9-11H,1-8H2,(H,14,15,16). The lowest BCUT2D eigenvalue weighted by Crippen LogP contribution is -2.29. The van der Waals surface area contributed by atoms with Crippen LogP contribution in [-0.2, 0) is 9.47 Å². The minimum atomic E-state index is 0.0976. The molecule has 2 saturated heterocycles. The van der Waals surface area contributed by atoms with E-state index in [0.29, 0.717) is 12.0 Å². The summed E-state index contributed by atoms with van der Waals surface area (Å²) in [7, 11) is 0. The summed E-state index contributed by atoms with van der Waals surface area (Å²) < 4.78 is 13.3. The van der Waals surface area contributed by atoms with Crippen LogP contribution in [0, 0.1) is 5.92 Å². The largest absolute Gasteiger partial charge is 0.381 e. The molecule has 3 unspecified atom stereocenters. The Bertz CT molecular complexity index is 449. The lowest BCUT2D eigenvalue weighted by molar-refractivity contribution is 0.104. The van der Waals surface area contributed by atoms with Gasteiger partial charge in [0.2, 0.25) is 5.95 Å². The number of fused-ring (bicyclic) bond motifs is 1. The fraction of sp³-hybridized carbons (Fsp3) is 0.846. The van der Waals surface area contributed by atoms with Crippen LogP contribution >= 0.6 is 0 Å². The molecule has 1 aromatic rings. The van der Waals surface area contributed by atoms with E-state index in [-0.39, 0.29) is 6.10 Å². The maximum Gasteiger partial charge on any atom is 0.221 e. The van der Waals surface area contributed by atoms with Crippen LogP contribution < -0.4 is 5.32 Å². The van der Waals surface area contributed by atoms with Gasteiger partial charge >= 0.3 is 0 Å². The average Bonchev–Trinajstić information content (AvgIpc) is 3.18. The number of nitrogens with one attached hydrogen (secondary N) is 1. The Morgan fingerprint density at radius 1 is 1.21 bits per heavy atom. The molecule has 104 valence electrons. The minimum absolute atomic E-state index is 0.0976. The van der Waals surface area contributed by atoms with Crippen molar-refractivity contribution in [3.8, 4) is 0 Å². The van der Waals surface area contributed by atoms with Gasteiger partial charge in [-0.2, -0.15) is 10.1 Å². The number of rotatable bonds is 2. The second kappa shape index (κ2) is 4.76. The van der Waals surface area contributed by atoms with Gasteiger partial charge in [0, 0.05) is 25.7 Å². The van der Waals surface area contributed by atoms with Crippen LogP contribution in [0.1, 0.15) is 43.7 Å². The molecule has 0 radical (unpaired) electrons. The molecule has 1 aromatic heterocycles. The van der Waals surface area contributed by atoms with Gasteiger partial charge in [0.05, 0.1) is 12.6 Å². The molecule has 1 N–H and O–H groups in total. The van der Waals surface area contributed by atoms with Crippen molar-refractivity contribution in [2.75, 3.05) is 31.7 Å². The summed E-state index contributed by atoms with van der Waals surface area (Å²) >= 11 is 0. The second-order valence-electron chi connectivity index (χ2n) is 5.65. The first-order valence-electron chi connectivity index (χ1n) is 7.31. The zero-order valence-electron chi connectivity index (χ0n) is 11.0. The Morgan fingerprint density at radius 2 is 2.21 bits per heavy atom. The first-order chi connectivity index (χ1) is 9.42. The first-order valence-corrected chi connectivity index (χ1v) is 7.31. The van der Waals surface area contributed by atoms with E-state index in [1.165, 1.54) is 0 Å². The van der Waals surface area contributed by atoms with E-state index >= 15 is 0 Å². The number of ether oxygens (including phenoxy) is 2. The predicted molar refractivity (Wildman–Crippen MR) is 69.0 cm³/mol. The van der Waals surface area contributed by atoms with Crippen molar-refractivity contribution < 1.29 is 9.47 Å². The molecule has 0 bridgehead atoms. The molecular weight excluding hydrogens is 244 g/mol. The van der Waals surface area contributed by atoms with E-state index in [0.717, 1.165) is 63.8 Å². The monoisotopic (exact) mass is 264 g/mol. The fourth-order valence-corrected chi connectivity index (χ4v) is 3.36. The van der Waals surface area contributed by atoms with Gasteiger partial charge in [0.1, 0.15) is 6.10 Å². The number of nitrogens with zero attached hydrogens (tertiary/aromatic N) is 3. The molecule has 3 aliphatic rings. The Labute approximate surface area is 112 Å². The molecule has 0 aliphatic carbocycles. The fourth-order valence-electron chi connectivity index (χ4n) is 3.36. The van der Waals surface area contributed by atoms with Crippen molar-refractivity contribution in [1.29, 1.82) is 0 Å². The van der Waals surface area contributed by atoms with Crippen molar-refractivity contribution in [3.05, 3.63) is 5.82 Å². The van der Waals surface area contributed by atoms with E-state index in [9.17, 15) is 0 Å².